The molecular weight excluding hydrogens is 432 g/mol. The zero-order valence-electron chi connectivity index (χ0n) is 18.2. The van der Waals surface area contributed by atoms with Gasteiger partial charge >= 0.3 is 0 Å². The lowest BCUT2D eigenvalue weighted by atomic mass is 9.99. The SMILES string of the molecule is COc1nc(C)cnc1NS(=O)(=O)c1cc(CC(C)C)ccc1-c1cccc([N+](=O)[O-])c1. The third-order valence-corrected chi connectivity index (χ3v) is 6.01. The summed E-state index contributed by atoms with van der Waals surface area (Å²) in [6.45, 7) is 5.78. The Morgan fingerprint density at radius 2 is 1.94 bits per heavy atom. The van der Waals surface area contributed by atoms with Crippen molar-refractivity contribution in [2.24, 2.45) is 5.92 Å². The second-order valence-corrected chi connectivity index (χ2v) is 9.36. The van der Waals surface area contributed by atoms with Gasteiger partial charge in [0, 0.05) is 17.7 Å². The van der Waals surface area contributed by atoms with Gasteiger partial charge in [-0.2, -0.15) is 0 Å². The lowest BCUT2D eigenvalue weighted by molar-refractivity contribution is -0.384. The fraction of sp³-hybridized carbons (Fsp3) is 0.273. The van der Waals surface area contributed by atoms with Crippen LogP contribution in [0.5, 0.6) is 5.88 Å². The molecule has 0 aliphatic carbocycles. The van der Waals surface area contributed by atoms with Crippen LogP contribution in [-0.4, -0.2) is 30.4 Å². The first-order valence-corrected chi connectivity index (χ1v) is 11.4. The number of hydrogen-bond donors (Lipinski definition) is 1. The number of non-ortho nitro benzene ring substituents is 1. The molecule has 32 heavy (non-hydrogen) atoms. The summed E-state index contributed by atoms with van der Waals surface area (Å²) in [6.07, 6.45) is 2.10. The largest absolute Gasteiger partial charge is 0.478 e. The number of aryl methyl sites for hydroxylation is 1. The van der Waals surface area contributed by atoms with E-state index in [9.17, 15) is 18.5 Å². The number of benzene rings is 2. The van der Waals surface area contributed by atoms with E-state index in [2.05, 4.69) is 14.7 Å². The smallest absolute Gasteiger partial charge is 0.270 e. The normalized spacial score (nSPS) is 11.4. The number of nitro benzene ring substituents is 1. The number of anilines is 1. The van der Waals surface area contributed by atoms with Crippen LogP contribution in [0.1, 0.15) is 25.1 Å². The molecule has 9 nitrogen and oxygen atoms in total. The van der Waals surface area contributed by atoms with Gasteiger partial charge in [0.15, 0.2) is 0 Å². The molecule has 3 rings (SSSR count). The van der Waals surface area contributed by atoms with E-state index in [1.165, 1.54) is 31.5 Å². The van der Waals surface area contributed by atoms with Gasteiger partial charge < -0.3 is 4.74 Å². The van der Waals surface area contributed by atoms with Crippen LogP contribution in [-0.2, 0) is 16.4 Å². The predicted molar refractivity (Wildman–Crippen MR) is 121 cm³/mol. The lowest BCUT2D eigenvalue weighted by Gasteiger charge is -2.16. The van der Waals surface area contributed by atoms with Gasteiger partial charge in [-0.1, -0.05) is 38.1 Å². The Kier molecular flexibility index (Phi) is 6.73. The minimum Gasteiger partial charge on any atom is -0.478 e. The van der Waals surface area contributed by atoms with Crippen molar-refractivity contribution >= 4 is 21.5 Å². The van der Waals surface area contributed by atoms with E-state index in [0.717, 1.165) is 5.56 Å². The summed E-state index contributed by atoms with van der Waals surface area (Å²) in [5.41, 5.74) is 2.03. The Morgan fingerprint density at radius 1 is 1.19 bits per heavy atom. The first kappa shape index (κ1) is 23.1. The highest BCUT2D eigenvalue weighted by Gasteiger charge is 2.24. The maximum absolute atomic E-state index is 13.4. The summed E-state index contributed by atoms with van der Waals surface area (Å²) in [5, 5.41) is 11.2. The second kappa shape index (κ2) is 9.31. The van der Waals surface area contributed by atoms with Crippen molar-refractivity contribution in [1.29, 1.82) is 0 Å². The van der Waals surface area contributed by atoms with Crippen molar-refractivity contribution in [2.75, 3.05) is 11.8 Å². The van der Waals surface area contributed by atoms with E-state index >= 15 is 0 Å². The van der Waals surface area contributed by atoms with Gasteiger partial charge in [-0.15, -0.1) is 0 Å². The van der Waals surface area contributed by atoms with Crippen LogP contribution in [0.2, 0.25) is 0 Å². The van der Waals surface area contributed by atoms with Crippen LogP contribution < -0.4 is 9.46 Å². The van der Waals surface area contributed by atoms with Crippen molar-refractivity contribution in [1.82, 2.24) is 9.97 Å². The number of hydrogen-bond acceptors (Lipinski definition) is 7. The van der Waals surface area contributed by atoms with Gasteiger partial charge in [-0.3, -0.25) is 14.8 Å². The van der Waals surface area contributed by atoms with E-state index in [1.54, 1.807) is 25.1 Å². The minimum absolute atomic E-state index is 0.0134. The van der Waals surface area contributed by atoms with Crippen LogP contribution in [0.4, 0.5) is 11.5 Å². The monoisotopic (exact) mass is 456 g/mol. The van der Waals surface area contributed by atoms with Crippen LogP contribution in [0.15, 0.2) is 53.6 Å². The van der Waals surface area contributed by atoms with Gasteiger partial charge in [0.05, 0.1) is 28.8 Å². The van der Waals surface area contributed by atoms with Crippen molar-refractivity contribution in [3.63, 3.8) is 0 Å². The van der Waals surface area contributed by atoms with Crippen molar-refractivity contribution in [2.45, 2.75) is 32.1 Å². The molecule has 0 aliphatic heterocycles. The highest BCUT2D eigenvalue weighted by atomic mass is 32.2. The zero-order valence-corrected chi connectivity index (χ0v) is 19.0. The number of nitro groups is 1. The van der Waals surface area contributed by atoms with E-state index < -0.39 is 14.9 Å². The Balaban J connectivity index is 2.15. The summed E-state index contributed by atoms with van der Waals surface area (Å²) in [6, 6.07) is 11.0. The average molecular weight is 457 g/mol. The summed E-state index contributed by atoms with van der Waals surface area (Å²) >= 11 is 0. The Bertz CT molecular complexity index is 1260. The number of ether oxygens (including phenoxy) is 1. The second-order valence-electron chi connectivity index (χ2n) is 7.71. The van der Waals surface area contributed by atoms with Crippen molar-refractivity contribution in [3.8, 4) is 17.0 Å². The fourth-order valence-electron chi connectivity index (χ4n) is 3.26. The van der Waals surface area contributed by atoms with Gasteiger partial charge in [0.2, 0.25) is 5.82 Å². The number of nitrogens with zero attached hydrogens (tertiary/aromatic N) is 3. The van der Waals surface area contributed by atoms with E-state index in [1.807, 2.05) is 19.9 Å². The van der Waals surface area contributed by atoms with Crippen LogP contribution in [0, 0.1) is 23.0 Å². The van der Waals surface area contributed by atoms with Gasteiger partial charge in [-0.05, 0) is 36.5 Å². The molecule has 1 heterocycles. The third kappa shape index (κ3) is 5.20. The lowest BCUT2D eigenvalue weighted by Crippen LogP contribution is -2.17. The predicted octanol–water partition coefficient (Wildman–Crippen LogP) is 4.37. The van der Waals surface area contributed by atoms with Crippen molar-refractivity contribution in [3.05, 3.63) is 70.0 Å². The standard InChI is InChI=1S/C22H24N4O5S/c1-14(2)10-16-8-9-19(17-6-5-7-18(12-17)26(27)28)20(11-16)32(29,30)25-21-22(31-4)24-15(3)13-23-21/h5-9,11-14H,10H2,1-4H3,(H,23,25). The number of nitrogens with one attached hydrogen (secondary N) is 1. The summed E-state index contributed by atoms with van der Waals surface area (Å²) in [5.74, 6) is 0.311. The highest BCUT2D eigenvalue weighted by molar-refractivity contribution is 7.92. The topological polar surface area (TPSA) is 124 Å². The molecule has 0 aliphatic rings. The van der Waals surface area contributed by atoms with Crippen LogP contribution in [0.3, 0.4) is 0 Å². The molecule has 0 amide bonds. The molecule has 168 valence electrons. The van der Waals surface area contributed by atoms with E-state index in [4.69, 9.17) is 4.74 Å². The molecule has 0 spiro atoms. The first-order valence-electron chi connectivity index (χ1n) is 9.89. The Labute approximate surface area is 186 Å². The number of aromatic nitrogens is 2. The Morgan fingerprint density at radius 3 is 2.59 bits per heavy atom. The third-order valence-electron chi connectivity index (χ3n) is 4.63. The molecule has 1 N–H and O–H groups in total. The van der Waals surface area contributed by atoms with E-state index in [0.29, 0.717) is 29.2 Å². The Hall–Kier alpha value is -3.53. The minimum atomic E-state index is -4.13. The summed E-state index contributed by atoms with van der Waals surface area (Å²) in [4.78, 5) is 18.9. The molecule has 0 bridgehead atoms. The molecule has 0 saturated carbocycles. The van der Waals surface area contributed by atoms with E-state index in [-0.39, 0.29) is 22.3 Å². The molecular formula is C22H24N4O5S. The highest BCUT2D eigenvalue weighted by Crippen LogP contribution is 2.33. The van der Waals surface area contributed by atoms with Crippen LogP contribution in [0.25, 0.3) is 11.1 Å². The molecule has 0 fully saturated rings. The zero-order chi connectivity index (χ0) is 23.5. The van der Waals surface area contributed by atoms with Crippen LogP contribution >= 0.6 is 0 Å². The number of rotatable bonds is 8. The number of methoxy groups -OCH3 is 1. The van der Waals surface area contributed by atoms with Crippen molar-refractivity contribution < 1.29 is 18.1 Å². The first-order chi connectivity index (χ1) is 15.1. The molecule has 0 saturated heterocycles. The summed E-state index contributed by atoms with van der Waals surface area (Å²) < 4.78 is 34.5. The molecule has 1 aromatic heterocycles. The fourth-order valence-corrected chi connectivity index (χ4v) is 4.55. The molecule has 0 radical (unpaired) electrons. The van der Waals surface area contributed by atoms with Gasteiger partial charge in [0.25, 0.3) is 21.6 Å². The van der Waals surface area contributed by atoms with Gasteiger partial charge in [-0.25, -0.2) is 18.4 Å². The number of sulfonamides is 1. The molecule has 2 aromatic carbocycles. The summed E-state index contributed by atoms with van der Waals surface area (Å²) in [7, 11) is -2.76. The average Bonchev–Trinajstić information content (AvgIpc) is 2.74. The quantitative estimate of drug-likeness (QED) is 0.394. The maximum atomic E-state index is 13.4. The molecule has 3 aromatic rings. The molecule has 0 unspecified atom stereocenters. The maximum Gasteiger partial charge on any atom is 0.270 e. The molecule has 10 heteroatoms. The molecule has 0 atom stereocenters. The van der Waals surface area contributed by atoms with Gasteiger partial charge in [0.1, 0.15) is 0 Å².